The van der Waals surface area contributed by atoms with Gasteiger partial charge in [0.05, 0.1) is 29.3 Å². The number of methoxy groups -OCH3 is 1. The number of benzene rings is 2. The van der Waals surface area contributed by atoms with Crippen LogP contribution in [-0.4, -0.2) is 85.7 Å². The molecule has 0 saturated carbocycles. The summed E-state index contributed by atoms with van der Waals surface area (Å²) in [5.74, 6) is -0.617. The van der Waals surface area contributed by atoms with Crippen LogP contribution >= 0.6 is 0 Å². The fourth-order valence-electron chi connectivity index (χ4n) is 5.27. The van der Waals surface area contributed by atoms with Crippen molar-refractivity contribution in [2.45, 2.75) is 92.5 Å². The SMILES string of the molecule is CC(C)N(C(=O)c1cccc2c1cc(B(O)O)n2C(=O)OC(C)(C)C)C(C)C.COC(=O)c1cccc2c1ccn2C(=O)OC(C)(C)C. The third-order valence-corrected chi connectivity index (χ3v) is 7.02. The van der Waals surface area contributed by atoms with Crippen LogP contribution in [0.25, 0.3) is 21.8 Å². The van der Waals surface area contributed by atoms with Gasteiger partial charge in [0.15, 0.2) is 0 Å². The van der Waals surface area contributed by atoms with Crippen molar-refractivity contribution in [1.29, 1.82) is 0 Å². The highest BCUT2D eigenvalue weighted by atomic mass is 16.6. The second-order valence-electron chi connectivity index (χ2n) is 13.8. The number of carbonyl (C=O) groups is 4. The fraction of sp³-hybridized carbons (Fsp3) is 0.429. The molecule has 4 aromatic rings. The van der Waals surface area contributed by atoms with Gasteiger partial charge in [-0.05, 0) is 106 Å². The van der Waals surface area contributed by atoms with Crippen molar-refractivity contribution in [3.05, 3.63) is 65.9 Å². The van der Waals surface area contributed by atoms with Crippen LogP contribution in [0, 0.1) is 0 Å². The maximum atomic E-state index is 13.2. The smallest absolute Gasteiger partial charge is 0.465 e. The van der Waals surface area contributed by atoms with E-state index in [2.05, 4.69) is 0 Å². The molecule has 0 spiro atoms. The fourth-order valence-corrected chi connectivity index (χ4v) is 5.27. The Labute approximate surface area is 281 Å². The van der Waals surface area contributed by atoms with Gasteiger partial charge in [-0.2, -0.15) is 0 Å². The molecule has 0 aliphatic heterocycles. The zero-order chi connectivity index (χ0) is 36.3. The van der Waals surface area contributed by atoms with Crippen LogP contribution in [0.5, 0.6) is 0 Å². The van der Waals surface area contributed by atoms with Gasteiger partial charge in [-0.3, -0.25) is 13.9 Å². The van der Waals surface area contributed by atoms with Crippen LogP contribution in [0.3, 0.4) is 0 Å². The maximum Gasteiger partial charge on any atom is 0.506 e. The number of hydrogen-bond acceptors (Lipinski definition) is 9. The molecule has 48 heavy (non-hydrogen) atoms. The summed E-state index contributed by atoms with van der Waals surface area (Å²) in [6, 6.07) is 13.2. The highest BCUT2D eigenvalue weighted by molar-refractivity contribution is 6.59. The van der Waals surface area contributed by atoms with Crippen LogP contribution in [0.1, 0.15) is 90.0 Å². The van der Waals surface area contributed by atoms with Crippen LogP contribution in [0.2, 0.25) is 0 Å². The van der Waals surface area contributed by atoms with Crippen LogP contribution in [0.15, 0.2) is 54.7 Å². The molecule has 2 heterocycles. The van der Waals surface area contributed by atoms with E-state index >= 15 is 0 Å². The largest absolute Gasteiger partial charge is 0.506 e. The number of fused-ring (bicyclic) bond motifs is 2. The standard InChI is InChI=1S/C20H29BN2O5.C15H17NO4/c1-12(2)22(13(3)4)18(24)14-9-8-10-16-15(14)11-17(21(26)27)23(16)19(25)28-20(5,6)7;1-15(2,3)20-14(18)16-9-8-10-11(13(17)19-4)6-5-7-12(10)16/h8-13,26-27H,1-7H3;5-9H,1-4H3. The minimum atomic E-state index is -1.89. The lowest BCUT2D eigenvalue weighted by atomic mass is 9.86. The van der Waals surface area contributed by atoms with E-state index in [9.17, 15) is 29.2 Å². The zero-order valence-electron chi connectivity index (χ0n) is 29.5. The van der Waals surface area contributed by atoms with Gasteiger partial charge in [-0.15, -0.1) is 0 Å². The van der Waals surface area contributed by atoms with Crippen LogP contribution in [0.4, 0.5) is 9.59 Å². The molecular weight excluding hydrogens is 617 g/mol. The molecule has 12 nitrogen and oxygen atoms in total. The zero-order valence-corrected chi connectivity index (χ0v) is 29.5. The molecule has 2 N–H and O–H groups in total. The topological polar surface area (TPSA) is 150 Å². The number of aromatic nitrogens is 2. The Morgan fingerprint density at radius 2 is 1.27 bits per heavy atom. The van der Waals surface area contributed by atoms with E-state index in [1.54, 1.807) is 95.1 Å². The number of amides is 1. The molecule has 0 unspecified atom stereocenters. The third kappa shape index (κ3) is 8.64. The van der Waals surface area contributed by atoms with Crippen LogP contribution < -0.4 is 5.59 Å². The Balaban J connectivity index is 0.000000275. The van der Waals surface area contributed by atoms with Gasteiger partial charge < -0.3 is 29.2 Å². The van der Waals surface area contributed by atoms with E-state index in [1.807, 2.05) is 27.7 Å². The van der Waals surface area contributed by atoms with Crippen molar-refractivity contribution in [3.8, 4) is 0 Å². The minimum absolute atomic E-state index is 0.0152. The number of rotatable bonds is 5. The molecule has 1 amide bonds. The predicted octanol–water partition coefficient (Wildman–Crippen LogP) is 5.57. The monoisotopic (exact) mass is 663 g/mol. The molecule has 4 rings (SSSR count). The van der Waals surface area contributed by atoms with Gasteiger partial charge in [0, 0.05) is 34.6 Å². The average Bonchev–Trinajstić information content (AvgIpc) is 3.57. The van der Waals surface area contributed by atoms with Crippen molar-refractivity contribution in [3.63, 3.8) is 0 Å². The first-order chi connectivity index (χ1) is 22.2. The molecule has 258 valence electrons. The first-order valence-corrected chi connectivity index (χ1v) is 15.7. The van der Waals surface area contributed by atoms with Crippen LogP contribution in [-0.2, 0) is 14.2 Å². The summed E-state index contributed by atoms with van der Waals surface area (Å²) in [4.78, 5) is 51.5. The van der Waals surface area contributed by atoms with E-state index in [1.165, 1.54) is 17.7 Å². The summed E-state index contributed by atoms with van der Waals surface area (Å²) >= 11 is 0. The number of esters is 1. The lowest BCUT2D eigenvalue weighted by Gasteiger charge is -2.31. The number of hydrogen-bond donors (Lipinski definition) is 2. The quantitative estimate of drug-likeness (QED) is 0.159. The Hall–Kier alpha value is -4.62. The van der Waals surface area contributed by atoms with E-state index in [0.717, 1.165) is 4.57 Å². The molecule has 0 atom stereocenters. The third-order valence-electron chi connectivity index (χ3n) is 7.02. The van der Waals surface area contributed by atoms with Gasteiger partial charge in [0.25, 0.3) is 5.91 Å². The summed E-state index contributed by atoms with van der Waals surface area (Å²) < 4.78 is 18.0. The molecule has 0 fully saturated rings. The van der Waals surface area contributed by atoms with E-state index in [-0.39, 0.29) is 23.6 Å². The normalized spacial score (nSPS) is 11.7. The Morgan fingerprint density at radius 3 is 1.77 bits per heavy atom. The van der Waals surface area contributed by atoms with E-state index < -0.39 is 36.5 Å². The molecule has 0 bridgehead atoms. The molecule has 2 aromatic heterocycles. The predicted molar refractivity (Wildman–Crippen MR) is 185 cm³/mol. The average molecular weight is 664 g/mol. The summed E-state index contributed by atoms with van der Waals surface area (Å²) in [6.07, 6.45) is 0.375. The first kappa shape index (κ1) is 37.8. The summed E-state index contributed by atoms with van der Waals surface area (Å²) in [6.45, 7) is 18.3. The van der Waals surface area contributed by atoms with E-state index in [0.29, 0.717) is 32.9 Å². The lowest BCUT2D eigenvalue weighted by molar-refractivity contribution is 0.0534. The van der Waals surface area contributed by atoms with Gasteiger partial charge >= 0.3 is 25.3 Å². The van der Waals surface area contributed by atoms with Crippen molar-refractivity contribution < 1.29 is 43.4 Å². The van der Waals surface area contributed by atoms with Gasteiger partial charge in [-0.25, -0.2) is 14.4 Å². The minimum Gasteiger partial charge on any atom is -0.465 e. The second kappa shape index (κ2) is 14.7. The molecule has 0 radical (unpaired) electrons. The van der Waals surface area contributed by atoms with Crippen molar-refractivity contribution in [1.82, 2.24) is 14.0 Å². The van der Waals surface area contributed by atoms with Gasteiger partial charge in [0.1, 0.15) is 11.2 Å². The molecule has 2 aromatic carbocycles. The molecule has 0 saturated heterocycles. The molecular formula is C35H46BN3O9. The Morgan fingerprint density at radius 1 is 0.750 bits per heavy atom. The van der Waals surface area contributed by atoms with Gasteiger partial charge in [-0.1, -0.05) is 12.1 Å². The van der Waals surface area contributed by atoms with Crippen molar-refractivity contribution in [2.24, 2.45) is 0 Å². The van der Waals surface area contributed by atoms with E-state index in [4.69, 9.17) is 14.2 Å². The number of ether oxygens (including phenoxy) is 3. The summed E-state index contributed by atoms with van der Waals surface area (Å²) in [5.41, 5.74) is 0.428. The second-order valence-corrected chi connectivity index (χ2v) is 13.8. The molecule has 0 aliphatic carbocycles. The van der Waals surface area contributed by atoms with Gasteiger partial charge in [0.2, 0.25) is 0 Å². The molecule has 0 aliphatic rings. The lowest BCUT2D eigenvalue weighted by Crippen LogP contribution is -2.42. The van der Waals surface area contributed by atoms with Crippen molar-refractivity contribution in [2.75, 3.05) is 7.11 Å². The maximum absolute atomic E-state index is 13.2. The first-order valence-electron chi connectivity index (χ1n) is 15.7. The number of nitrogens with zero attached hydrogens (tertiary/aromatic N) is 3. The van der Waals surface area contributed by atoms with Crippen molar-refractivity contribution >= 4 is 58.6 Å². The Kier molecular flexibility index (Phi) is 11.6. The summed E-state index contributed by atoms with van der Waals surface area (Å²) in [5, 5.41) is 20.7. The highest BCUT2D eigenvalue weighted by Gasteiger charge is 2.30. The Bertz CT molecular complexity index is 1800. The number of carbonyl (C=O) groups excluding carboxylic acids is 4. The summed E-state index contributed by atoms with van der Waals surface area (Å²) in [7, 11) is -0.569. The highest BCUT2D eigenvalue weighted by Crippen LogP contribution is 2.25. The molecule has 13 heteroatoms.